The smallest absolute Gasteiger partial charge is 0.306 e. The SMILES string of the molecule is CC/C=C/C/C=C/C/C=C/CCCC(=O)OCC(COCCC(C(=O)[O-])[N+](C)(C)C)OC(=O)CCCCCCCCC. The number of rotatable bonds is 27. The molecule has 0 fully saturated rings. The quantitative estimate of drug-likeness (QED) is 0.0510. The minimum atomic E-state index is -1.14. The van der Waals surface area contributed by atoms with Crippen LogP contribution in [0.3, 0.4) is 0 Å². The molecule has 0 rings (SSSR count). The first-order valence-corrected chi connectivity index (χ1v) is 16.0. The van der Waals surface area contributed by atoms with E-state index >= 15 is 0 Å². The zero-order chi connectivity index (χ0) is 31.5. The molecule has 0 spiro atoms. The third-order valence-corrected chi connectivity index (χ3v) is 6.79. The van der Waals surface area contributed by atoms with Gasteiger partial charge in [0.15, 0.2) is 6.10 Å². The van der Waals surface area contributed by atoms with Gasteiger partial charge in [0.25, 0.3) is 0 Å². The summed E-state index contributed by atoms with van der Waals surface area (Å²) in [4.78, 5) is 36.3. The summed E-state index contributed by atoms with van der Waals surface area (Å²) in [5.74, 6) is -1.82. The Bertz CT molecular complexity index is 798. The molecule has 0 N–H and O–H groups in total. The zero-order valence-electron chi connectivity index (χ0n) is 27.2. The lowest BCUT2D eigenvalue weighted by Crippen LogP contribution is -2.55. The van der Waals surface area contributed by atoms with Crippen LogP contribution < -0.4 is 5.11 Å². The summed E-state index contributed by atoms with van der Waals surface area (Å²) < 4.78 is 16.9. The molecule has 242 valence electrons. The van der Waals surface area contributed by atoms with Gasteiger partial charge < -0.3 is 28.6 Å². The van der Waals surface area contributed by atoms with E-state index in [0.717, 1.165) is 44.9 Å². The summed E-state index contributed by atoms with van der Waals surface area (Å²) in [6, 6.07) is -0.728. The number of ether oxygens (including phenoxy) is 3. The van der Waals surface area contributed by atoms with Gasteiger partial charge in [-0.05, 0) is 38.5 Å². The van der Waals surface area contributed by atoms with E-state index in [-0.39, 0.29) is 49.1 Å². The van der Waals surface area contributed by atoms with Gasteiger partial charge in [0.05, 0.1) is 40.3 Å². The maximum absolute atomic E-state index is 12.5. The van der Waals surface area contributed by atoms with Crippen molar-refractivity contribution in [2.45, 2.75) is 122 Å². The highest BCUT2D eigenvalue weighted by Gasteiger charge is 2.25. The number of unbranched alkanes of at least 4 members (excludes halogenated alkanes) is 7. The van der Waals surface area contributed by atoms with E-state index in [4.69, 9.17) is 14.2 Å². The molecule has 0 heterocycles. The van der Waals surface area contributed by atoms with Crippen LogP contribution in [0.5, 0.6) is 0 Å². The lowest BCUT2D eigenvalue weighted by Gasteiger charge is -2.34. The fourth-order valence-corrected chi connectivity index (χ4v) is 4.27. The van der Waals surface area contributed by atoms with Crippen molar-refractivity contribution in [3.63, 3.8) is 0 Å². The number of carbonyl (C=O) groups excluding carboxylic acids is 3. The molecule has 8 nitrogen and oxygen atoms in total. The topological polar surface area (TPSA) is 102 Å². The van der Waals surface area contributed by atoms with Crippen molar-refractivity contribution >= 4 is 17.9 Å². The summed E-state index contributed by atoms with van der Waals surface area (Å²) in [7, 11) is 5.36. The summed E-state index contributed by atoms with van der Waals surface area (Å²) in [5.41, 5.74) is 0. The second-order valence-corrected chi connectivity index (χ2v) is 11.7. The second-order valence-electron chi connectivity index (χ2n) is 11.7. The maximum Gasteiger partial charge on any atom is 0.306 e. The van der Waals surface area contributed by atoms with E-state index in [2.05, 4.69) is 50.3 Å². The molecule has 0 radical (unpaired) electrons. The van der Waals surface area contributed by atoms with Crippen LogP contribution in [0.25, 0.3) is 0 Å². The number of quaternary nitrogens is 1. The third kappa shape index (κ3) is 24.2. The van der Waals surface area contributed by atoms with Crippen molar-refractivity contribution in [1.29, 1.82) is 0 Å². The van der Waals surface area contributed by atoms with Crippen LogP contribution in [0.4, 0.5) is 0 Å². The van der Waals surface area contributed by atoms with Crippen LogP contribution in [-0.2, 0) is 28.6 Å². The zero-order valence-corrected chi connectivity index (χ0v) is 27.2. The molecule has 0 aromatic carbocycles. The highest BCUT2D eigenvalue weighted by atomic mass is 16.6. The molecule has 0 aromatic rings. The Hall–Kier alpha value is -2.45. The van der Waals surface area contributed by atoms with E-state index in [0.29, 0.717) is 12.8 Å². The van der Waals surface area contributed by atoms with Gasteiger partial charge in [-0.15, -0.1) is 0 Å². The van der Waals surface area contributed by atoms with Crippen LogP contribution in [0.1, 0.15) is 110 Å². The standard InChI is InChI=1S/C34H59NO7/c1-6-8-10-12-14-15-16-17-19-20-22-24-32(36)41-29-30(28-40-27-26-31(34(38)39)35(3,4)5)42-33(37)25-23-21-18-13-11-9-7-2/h8,10,14-15,17,19,30-31H,6-7,9,11-13,16,18,20-29H2,1-5H3/b10-8+,15-14+,19-17+. The lowest BCUT2D eigenvalue weighted by atomic mass is 10.1. The molecule has 0 saturated carbocycles. The third-order valence-electron chi connectivity index (χ3n) is 6.79. The summed E-state index contributed by atoms with van der Waals surface area (Å²) in [6.07, 6.45) is 24.8. The average Bonchev–Trinajstić information content (AvgIpc) is 2.92. The number of hydrogen-bond acceptors (Lipinski definition) is 7. The number of carboxylic acids is 1. The number of allylic oxidation sites excluding steroid dienone is 6. The summed E-state index contributed by atoms with van der Waals surface area (Å²) in [5, 5.41) is 11.5. The van der Waals surface area contributed by atoms with Crippen molar-refractivity contribution in [1.82, 2.24) is 0 Å². The molecule has 0 aliphatic carbocycles. The van der Waals surface area contributed by atoms with Gasteiger partial charge in [0.2, 0.25) is 0 Å². The predicted molar refractivity (Wildman–Crippen MR) is 167 cm³/mol. The van der Waals surface area contributed by atoms with Crippen LogP contribution in [0, 0.1) is 0 Å². The lowest BCUT2D eigenvalue weighted by molar-refractivity contribution is -0.889. The Morgan fingerprint density at radius 1 is 0.738 bits per heavy atom. The second kappa shape index (κ2) is 26.2. The molecule has 0 aliphatic heterocycles. The number of esters is 2. The van der Waals surface area contributed by atoms with E-state index < -0.39 is 18.1 Å². The van der Waals surface area contributed by atoms with E-state index in [1.54, 1.807) is 21.1 Å². The van der Waals surface area contributed by atoms with Crippen LogP contribution in [0.15, 0.2) is 36.5 Å². The Kier molecular flexibility index (Phi) is 24.7. The number of aliphatic carboxylic acids is 1. The van der Waals surface area contributed by atoms with E-state index in [1.165, 1.54) is 25.7 Å². The number of hydrogen-bond donors (Lipinski definition) is 0. The Morgan fingerprint density at radius 3 is 1.95 bits per heavy atom. The fraction of sp³-hybridized carbons (Fsp3) is 0.735. The Labute approximate surface area is 255 Å². The summed E-state index contributed by atoms with van der Waals surface area (Å²) >= 11 is 0. The molecule has 0 saturated heterocycles. The molecule has 42 heavy (non-hydrogen) atoms. The van der Waals surface area contributed by atoms with Gasteiger partial charge in [0.1, 0.15) is 12.6 Å². The molecule has 8 heteroatoms. The monoisotopic (exact) mass is 593 g/mol. The first-order chi connectivity index (χ1) is 20.1. The van der Waals surface area contributed by atoms with Crippen molar-refractivity contribution in [3.8, 4) is 0 Å². The molecule has 0 aromatic heterocycles. The van der Waals surface area contributed by atoms with Crippen molar-refractivity contribution in [2.24, 2.45) is 0 Å². The van der Waals surface area contributed by atoms with Crippen molar-refractivity contribution in [3.05, 3.63) is 36.5 Å². The normalized spacial score (nSPS) is 13.6. The van der Waals surface area contributed by atoms with Gasteiger partial charge in [-0.25, -0.2) is 0 Å². The molecular weight excluding hydrogens is 534 g/mol. The number of carbonyl (C=O) groups is 3. The van der Waals surface area contributed by atoms with Crippen molar-refractivity contribution in [2.75, 3.05) is 41.0 Å². The van der Waals surface area contributed by atoms with Gasteiger partial charge in [-0.3, -0.25) is 9.59 Å². The fourth-order valence-electron chi connectivity index (χ4n) is 4.27. The van der Waals surface area contributed by atoms with Gasteiger partial charge >= 0.3 is 11.9 Å². The van der Waals surface area contributed by atoms with E-state index in [1.807, 2.05) is 0 Å². The molecule has 0 bridgehead atoms. The molecule has 0 aliphatic rings. The minimum absolute atomic E-state index is 0.0252. The molecule has 2 unspecified atom stereocenters. The highest BCUT2D eigenvalue weighted by molar-refractivity contribution is 5.70. The van der Waals surface area contributed by atoms with E-state index in [9.17, 15) is 19.5 Å². The number of carboxylic acid groups (broad SMARTS) is 1. The molecule has 2 atom stereocenters. The minimum Gasteiger partial charge on any atom is -0.544 e. The van der Waals surface area contributed by atoms with Gasteiger partial charge in [-0.2, -0.15) is 0 Å². The first-order valence-electron chi connectivity index (χ1n) is 16.0. The maximum atomic E-state index is 12.5. The predicted octanol–water partition coefficient (Wildman–Crippen LogP) is 5.84. The Balaban J connectivity index is 4.57. The van der Waals surface area contributed by atoms with Crippen LogP contribution >= 0.6 is 0 Å². The van der Waals surface area contributed by atoms with Gasteiger partial charge in [0, 0.05) is 19.3 Å². The highest BCUT2D eigenvalue weighted by Crippen LogP contribution is 2.11. The Morgan fingerprint density at radius 2 is 1.33 bits per heavy atom. The number of nitrogens with zero attached hydrogens (tertiary/aromatic N) is 1. The van der Waals surface area contributed by atoms with Crippen molar-refractivity contribution < 1.29 is 38.2 Å². The largest absolute Gasteiger partial charge is 0.544 e. The number of likely N-dealkylation sites (N-methyl/N-ethyl adjacent to an activating group) is 1. The average molecular weight is 594 g/mol. The molecule has 0 amide bonds. The molecular formula is C34H59NO7. The first kappa shape index (κ1) is 39.5. The van der Waals surface area contributed by atoms with Gasteiger partial charge in [-0.1, -0.05) is 88.8 Å². The summed E-state index contributed by atoms with van der Waals surface area (Å²) in [6.45, 7) is 4.40. The van der Waals surface area contributed by atoms with Crippen LogP contribution in [0.2, 0.25) is 0 Å². The van der Waals surface area contributed by atoms with Crippen LogP contribution in [-0.4, -0.2) is 75.5 Å².